The van der Waals surface area contributed by atoms with E-state index in [2.05, 4.69) is 0 Å². The van der Waals surface area contributed by atoms with Crippen LogP contribution in [-0.2, 0) is 4.74 Å². The van der Waals surface area contributed by atoms with Crippen LogP contribution in [-0.4, -0.2) is 21.7 Å². The first-order valence-corrected chi connectivity index (χ1v) is 8.17. The molecule has 17 heavy (non-hydrogen) atoms. The summed E-state index contributed by atoms with van der Waals surface area (Å²) in [5.74, 6) is 0. The number of benzene rings is 1. The molecule has 2 rings (SSSR count). The second-order valence-electron chi connectivity index (χ2n) is 3.99. The van der Waals surface area contributed by atoms with Gasteiger partial charge in [-0.25, -0.2) is 0 Å². The summed E-state index contributed by atoms with van der Waals surface area (Å²) in [5.41, 5.74) is 7.02. The van der Waals surface area contributed by atoms with Crippen molar-refractivity contribution in [3.05, 3.63) is 35.4 Å². The van der Waals surface area contributed by atoms with Crippen LogP contribution in [0, 0.1) is 0 Å². The molecule has 94 valence electrons. The van der Waals surface area contributed by atoms with Gasteiger partial charge in [0.15, 0.2) is 0 Å². The van der Waals surface area contributed by atoms with Gasteiger partial charge in [-0.1, -0.05) is 0 Å². The molecule has 3 unspecified atom stereocenters. The minimum atomic E-state index is -0.854. The number of aliphatic hydroxyl groups is 1. The normalized spacial score (nSPS) is 22.1. The molecule has 0 aromatic heterocycles. The third-order valence-corrected chi connectivity index (χ3v) is 5.14. The molecule has 3 atom stereocenters. The Morgan fingerprint density at radius 1 is 1.59 bits per heavy atom. The van der Waals surface area contributed by atoms with Crippen molar-refractivity contribution in [1.82, 2.24) is 0 Å². The molecule has 5 heteroatoms. The zero-order chi connectivity index (χ0) is 12.4. The number of carbonyl (C=O) groups is 1. The van der Waals surface area contributed by atoms with Crippen molar-refractivity contribution in [2.24, 2.45) is 5.73 Å². The van der Waals surface area contributed by atoms with Crippen molar-refractivity contribution in [1.29, 1.82) is 0 Å². The van der Waals surface area contributed by atoms with Crippen molar-refractivity contribution in [3.8, 4) is 0 Å². The summed E-state index contributed by atoms with van der Waals surface area (Å²) in [6, 6.07) is 7.81. The summed E-state index contributed by atoms with van der Waals surface area (Å²) in [4.78, 5) is 10.7. The van der Waals surface area contributed by atoms with Gasteiger partial charge in [0.05, 0.1) is 0 Å². The third kappa shape index (κ3) is 3.10. The molecule has 4 nitrogen and oxygen atoms in total. The van der Waals surface area contributed by atoms with Gasteiger partial charge in [0.1, 0.15) is 0 Å². The molecule has 1 heterocycles. The van der Waals surface area contributed by atoms with Crippen LogP contribution < -0.4 is 26.9 Å². The molecule has 1 aromatic carbocycles. The van der Waals surface area contributed by atoms with Crippen LogP contribution in [0.5, 0.6) is 0 Å². The summed E-state index contributed by atoms with van der Waals surface area (Å²) < 4.78 is 6.74. The number of carbonyl (C=O) groups excluding carboxylic acids is 1. The van der Waals surface area contributed by atoms with Crippen molar-refractivity contribution >= 4 is 6.09 Å². The summed E-state index contributed by atoms with van der Waals surface area (Å²) >= 11 is 0.272. The van der Waals surface area contributed by atoms with Crippen molar-refractivity contribution < 1.29 is 35.8 Å². The minimum absolute atomic E-state index is 0.272. The first kappa shape index (κ1) is 12.6. The van der Waals surface area contributed by atoms with Gasteiger partial charge in [0.25, 0.3) is 0 Å². The Balaban J connectivity index is 2.17. The summed E-state index contributed by atoms with van der Waals surface area (Å²) in [6.45, 7) is 1.65. The number of nitrogens with two attached hydrogens (primary N) is 1. The first-order valence-electron chi connectivity index (χ1n) is 5.40. The van der Waals surface area contributed by atoms with Gasteiger partial charge in [0, 0.05) is 0 Å². The van der Waals surface area contributed by atoms with Crippen LogP contribution in [0.2, 0.25) is 0 Å². The molecular weight excluding hydrogens is 333 g/mol. The van der Waals surface area contributed by atoms with Gasteiger partial charge in [-0.05, 0) is 0 Å². The van der Waals surface area contributed by atoms with E-state index in [4.69, 9.17) is 10.5 Å². The van der Waals surface area contributed by atoms with E-state index in [-0.39, 0.29) is 21.2 Å². The number of halogens is 1. The van der Waals surface area contributed by atoms with E-state index in [1.54, 1.807) is 6.92 Å². The number of aliphatic hydroxyl groups excluding tert-OH is 1. The number of hydrogen-bond acceptors (Lipinski definition) is 3. The molecule has 1 amide bonds. The van der Waals surface area contributed by atoms with Gasteiger partial charge in [0.2, 0.25) is 0 Å². The van der Waals surface area contributed by atoms with Crippen molar-refractivity contribution in [2.75, 3.05) is 4.43 Å². The van der Waals surface area contributed by atoms with Crippen LogP contribution in [0.3, 0.4) is 0 Å². The molecule has 1 aromatic rings. The second-order valence-corrected chi connectivity index (χ2v) is 7.26. The molecule has 0 spiro atoms. The van der Waals surface area contributed by atoms with Gasteiger partial charge < -0.3 is 0 Å². The molecule has 1 aliphatic rings. The number of alkyl halides is 2. The molecule has 1 aliphatic heterocycles. The monoisotopic (exact) mass is 348 g/mol. The molecule has 0 radical (unpaired) electrons. The van der Waals surface area contributed by atoms with Crippen LogP contribution in [0.1, 0.15) is 28.1 Å². The maximum absolute atomic E-state index is 10.7. The quantitative estimate of drug-likeness (QED) is 0.506. The predicted molar refractivity (Wildman–Crippen MR) is 59.1 cm³/mol. The average Bonchev–Trinajstić information content (AvgIpc) is 3.11. The second kappa shape index (κ2) is 5.22. The SMILES string of the molecule is CC(OC(N)=O)C(O)c1ccccc1C1C[I-]1. The van der Waals surface area contributed by atoms with Gasteiger partial charge in [-0.2, -0.15) is 0 Å². The molecule has 0 bridgehead atoms. The van der Waals surface area contributed by atoms with E-state index in [1.165, 1.54) is 9.99 Å². The van der Waals surface area contributed by atoms with E-state index in [9.17, 15) is 9.90 Å². The third-order valence-electron chi connectivity index (χ3n) is 2.71. The number of primary amides is 1. The Bertz CT molecular complexity index is 420. The Labute approximate surface area is 110 Å². The zero-order valence-corrected chi connectivity index (χ0v) is 11.6. The van der Waals surface area contributed by atoms with Crippen LogP contribution in [0.15, 0.2) is 24.3 Å². The van der Waals surface area contributed by atoms with Crippen LogP contribution in [0.25, 0.3) is 0 Å². The molecular formula is C12H15INO3-. The summed E-state index contributed by atoms with van der Waals surface area (Å²) in [7, 11) is 0. The standard InChI is InChI=1S/C12H15INO3/c1-7(17-12(14)16)11(15)9-5-3-2-4-8(9)10-6-13-10/h2-5,7,10-11,15H,6H2,1H3,(H2,14,16)/q-1. The van der Waals surface area contributed by atoms with E-state index >= 15 is 0 Å². The fourth-order valence-electron chi connectivity index (χ4n) is 1.78. The number of amides is 1. The van der Waals surface area contributed by atoms with E-state index < -0.39 is 18.3 Å². The summed E-state index contributed by atoms with van der Waals surface area (Å²) in [6.07, 6.45) is -2.28. The van der Waals surface area contributed by atoms with Crippen molar-refractivity contribution in [3.63, 3.8) is 0 Å². The van der Waals surface area contributed by atoms with Crippen molar-refractivity contribution in [2.45, 2.75) is 23.1 Å². The number of hydrogen-bond donors (Lipinski definition) is 2. The fourth-order valence-corrected chi connectivity index (χ4v) is 3.55. The molecule has 1 fully saturated rings. The zero-order valence-electron chi connectivity index (χ0n) is 9.47. The van der Waals surface area contributed by atoms with Crippen LogP contribution in [0.4, 0.5) is 4.79 Å². The maximum atomic E-state index is 10.7. The number of rotatable bonds is 4. The molecule has 3 N–H and O–H groups in total. The molecule has 1 saturated heterocycles. The Morgan fingerprint density at radius 3 is 2.82 bits per heavy atom. The Morgan fingerprint density at radius 2 is 2.24 bits per heavy atom. The van der Waals surface area contributed by atoms with E-state index in [0.717, 1.165) is 5.56 Å². The fraction of sp³-hybridized carbons (Fsp3) is 0.417. The number of ether oxygens (including phenoxy) is 1. The average molecular weight is 348 g/mol. The van der Waals surface area contributed by atoms with Gasteiger partial charge in [-0.3, -0.25) is 0 Å². The predicted octanol–water partition coefficient (Wildman–Crippen LogP) is -1.65. The van der Waals surface area contributed by atoms with E-state index in [1.807, 2.05) is 24.3 Å². The van der Waals surface area contributed by atoms with Crippen LogP contribution >= 0.6 is 0 Å². The van der Waals surface area contributed by atoms with E-state index in [0.29, 0.717) is 3.92 Å². The molecule has 0 aliphatic carbocycles. The summed E-state index contributed by atoms with van der Waals surface area (Å²) in [5, 5.41) is 10.2. The topological polar surface area (TPSA) is 72.5 Å². The Hall–Kier alpha value is -0.820. The first-order chi connectivity index (χ1) is 8.09. The van der Waals surface area contributed by atoms with Gasteiger partial charge >= 0.3 is 111 Å². The van der Waals surface area contributed by atoms with Gasteiger partial charge in [-0.15, -0.1) is 0 Å². The molecule has 0 saturated carbocycles. The Kier molecular flexibility index (Phi) is 3.88.